The molecule has 0 bridgehead atoms. The topological polar surface area (TPSA) is 18.5 Å². The van der Waals surface area contributed by atoms with E-state index in [4.69, 9.17) is 9.78 Å². The van der Waals surface area contributed by atoms with Gasteiger partial charge in [0, 0.05) is 0 Å². The van der Waals surface area contributed by atoms with E-state index < -0.39 is 0 Å². The van der Waals surface area contributed by atoms with Crippen molar-refractivity contribution >= 4 is 0 Å². The molecule has 0 aromatic heterocycles. The number of hydrogen-bond acceptors (Lipinski definition) is 2. The Bertz CT molecular complexity index is 178. The summed E-state index contributed by atoms with van der Waals surface area (Å²) in [4.78, 5) is 9.98. The third-order valence-corrected chi connectivity index (χ3v) is 3.69. The normalized spacial score (nSPS) is 12.0. The van der Waals surface area contributed by atoms with Crippen molar-refractivity contribution in [1.29, 1.82) is 0 Å². The highest BCUT2D eigenvalue weighted by Gasteiger charge is 2.18. The van der Waals surface area contributed by atoms with Crippen LogP contribution in [-0.4, -0.2) is 12.7 Å². The number of rotatable bonds is 14. The van der Waals surface area contributed by atoms with Gasteiger partial charge in [-0.25, -0.2) is 9.78 Å². The Kier molecular flexibility index (Phi) is 12.9. The zero-order chi connectivity index (χ0) is 14.4. The Morgan fingerprint density at radius 3 is 1.53 bits per heavy atom. The Morgan fingerprint density at radius 1 is 0.684 bits per heavy atom. The molecule has 0 spiro atoms. The van der Waals surface area contributed by atoms with Crippen molar-refractivity contribution in [2.24, 2.45) is 0 Å². The predicted molar refractivity (Wildman–Crippen MR) is 83.3 cm³/mol. The van der Waals surface area contributed by atoms with Crippen molar-refractivity contribution in [2.75, 3.05) is 7.11 Å². The lowest BCUT2D eigenvalue weighted by Gasteiger charge is -2.22. The molecule has 0 saturated heterocycles. The van der Waals surface area contributed by atoms with Gasteiger partial charge < -0.3 is 0 Å². The van der Waals surface area contributed by atoms with E-state index in [0.29, 0.717) is 0 Å². The molecule has 19 heavy (non-hydrogen) atoms. The number of unbranched alkanes of at least 4 members (excludes halogenated alkanes) is 10. The van der Waals surface area contributed by atoms with E-state index in [1.807, 2.05) is 0 Å². The van der Waals surface area contributed by atoms with Crippen LogP contribution in [0.25, 0.3) is 0 Å². The minimum absolute atomic E-state index is 0.131. The summed E-state index contributed by atoms with van der Waals surface area (Å²) in [6.45, 7) is 6.46. The third-order valence-electron chi connectivity index (χ3n) is 3.69. The van der Waals surface area contributed by atoms with Crippen LogP contribution in [0.5, 0.6) is 0 Å². The monoisotopic (exact) mass is 272 g/mol. The fraction of sp³-hybridized carbons (Fsp3) is 1.00. The summed E-state index contributed by atoms with van der Waals surface area (Å²) in [5.41, 5.74) is -0.131. The van der Waals surface area contributed by atoms with Crippen molar-refractivity contribution in [3.8, 4) is 0 Å². The van der Waals surface area contributed by atoms with Crippen molar-refractivity contribution in [2.45, 2.75) is 103 Å². The largest absolute Gasteiger partial charge is 0.240 e. The minimum Gasteiger partial charge on any atom is -0.240 e. The lowest BCUT2D eigenvalue weighted by molar-refractivity contribution is -0.337. The van der Waals surface area contributed by atoms with E-state index in [0.717, 1.165) is 6.42 Å². The third kappa shape index (κ3) is 14.1. The van der Waals surface area contributed by atoms with Gasteiger partial charge in [0.25, 0.3) is 0 Å². The minimum atomic E-state index is -0.131. The summed E-state index contributed by atoms with van der Waals surface area (Å²) in [6, 6.07) is 0. The molecular formula is C17H36O2. The van der Waals surface area contributed by atoms with Crippen LogP contribution < -0.4 is 0 Å². The van der Waals surface area contributed by atoms with Crippen molar-refractivity contribution in [3.05, 3.63) is 0 Å². The molecule has 0 aliphatic carbocycles. The highest BCUT2D eigenvalue weighted by Crippen LogP contribution is 2.19. The van der Waals surface area contributed by atoms with Gasteiger partial charge in [-0.15, -0.1) is 0 Å². The van der Waals surface area contributed by atoms with Gasteiger partial charge in [0.2, 0.25) is 0 Å². The Labute approximate surface area is 121 Å². The first-order chi connectivity index (χ1) is 9.12. The quantitative estimate of drug-likeness (QED) is 0.218. The molecule has 0 radical (unpaired) electrons. The van der Waals surface area contributed by atoms with Gasteiger partial charge >= 0.3 is 0 Å². The Balaban J connectivity index is 3.14. The molecule has 0 aromatic carbocycles. The standard InChI is InChI=1S/C17H36O2/c1-5-6-7-8-9-10-11-12-13-14-15-16-17(2,3)19-18-4/h5-16H2,1-4H3. The van der Waals surface area contributed by atoms with Crippen LogP contribution in [0.2, 0.25) is 0 Å². The van der Waals surface area contributed by atoms with Crippen molar-refractivity contribution in [3.63, 3.8) is 0 Å². The second kappa shape index (κ2) is 12.9. The summed E-state index contributed by atoms with van der Waals surface area (Å²) < 4.78 is 0. The van der Waals surface area contributed by atoms with Gasteiger partial charge in [-0.1, -0.05) is 77.6 Å². The maximum Gasteiger partial charge on any atom is 0.0979 e. The summed E-state index contributed by atoms with van der Waals surface area (Å²) >= 11 is 0. The van der Waals surface area contributed by atoms with E-state index in [1.165, 1.54) is 70.6 Å². The predicted octanol–water partition coefficient (Wildman–Crippen LogP) is 6.04. The molecule has 0 aromatic rings. The first-order valence-electron chi connectivity index (χ1n) is 8.34. The van der Waals surface area contributed by atoms with Crippen molar-refractivity contribution < 1.29 is 9.78 Å². The Hall–Kier alpha value is -0.0800. The highest BCUT2D eigenvalue weighted by molar-refractivity contribution is 4.66. The average Bonchev–Trinajstić information content (AvgIpc) is 2.36. The molecule has 0 unspecified atom stereocenters. The second-order valence-electron chi connectivity index (χ2n) is 6.30. The average molecular weight is 272 g/mol. The van der Waals surface area contributed by atoms with E-state index in [9.17, 15) is 0 Å². The summed E-state index contributed by atoms with van der Waals surface area (Å²) in [5, 5.41) is 0. The molecule has 0 saturated carbocycles. The lowest BCUT2D eigenvalue weighted by Crippen LogP contribution is -2.23. The van der Waals surface area contributed by atoms with Crippen LogP contribution in [0.4, 0.5) is 0 Å². The molecule has 0 aliphatic heterocycles. The van der Waals surface area contributed by atoms with Crippen LogP contribution in [0.15, 0.2) is 0 Å². The van der Waals surface area contributed by atoms with Gasteiger partial charge in [-0.3, -0.25) is 0 Å². The van der Waals surface area contributed by atoms with E-state index in [1.54, 1.807) is 7.11 Å². The molecule has 116 valence electrons. The molecular weight excluding hydrogens is 236 g/mol. The molecule has 0 heterocycles. The highest BCUT2D eigenvalue weighted by atomic mass is 17.2. The van der Waals surface area contributed by atoms with E-state index in [-0.39, 0.29) is 5.60 Å². The Morgan fingerprint density at radius 2 is 1.11 bits per heavy atom. The summed E-state index contributed by atoms with van der Waals surface area (Å²) in [5.74, 6) is 0. The maximum absolute atomic E-state index is 5.22. The zero-order valence-corrected chi connectivity index (χ0v) is 13.8. The van der Waals surface area contributed by atoms with Crippen LogP contribution in [-0.2, 0) is 9.78 Å². The van der Waals surface area contributed by atoms with E-state index in [2.05, 4.69) is 20.8 Å². The van der Waals surface area contributed by atoms with Crippen LogP contribution in [0, 0.1) is 0 Å². The summed E-state index contributed by atoms with van der Waals surface area (Å²) in [6.07, 6.45) is 16.4. The molecule has 2 heteroatoms. The zero-order valence-electron chi connectivity index (χ0n) is 13.8. The first-order valence-corrected chi connectivity index (χ1v) is 8.34. The molecule has 0 atom stereocenters. The van der Waals surface area contributed by atoms with Crippen LogP contribution in [0.1, 0.15) is 97.8 Å². The van der Waals surface area contributed by atoms with Crippen LogP contribution in [0.3, 0.4) is 0 Å². The smallest absolute Gasteiger partial charge is 0.0979 e. The van der Waals surface area contributed by atoms with E-state index >= 15 is 0 Å². The molecule has 0 aliphatic rings. The molecule has 0 rings (SSSR count). The van der Waals surface area contributed by atoms with Gasteiger partial charge in [-0.2, -0.15) is 0 Å². The molecule has 0 fully saturated rings. The van der Waals surface area contributed by atoms with Gasteiger partial charge in [0.1, 0.15) is 0 Å². The SMILES string of the molecule is CCCCCCCCCCCCCC(C)(C)OOC. The summed E-state index contributed by atoms with van der Waals surface area (Å²) in [7, 11) is 1.59. The fourth-order valence-electron chi connectivity index (χ4n) is 2.48. The first kappa shape index (κ1) is 18.9. The van der Waals surface area contributed by atoms with Gasteiger partial charge in [0.05, 0.1) is 12.7 Å². The second-order valence-corrected chi connectivity index (χ2v) is 6.30. The lowest BCUT2D eigenvalue weighted by atomic mass is 9.99. The molecule has 0 amide bonds. The van der Waals surface area contributed by atoms with Crippen molar-refractivity contribution in [1.82, 2.24) is 0 Å². The number of hydrogen-bond donors (Lipinski definition) is 0. The van der Waals surface area contributed by atoms with Gasteiger partial charge in [-0.05, 0) is 20.3 Å². The molecule has 2 nitrogen and oxygen atoms in total. The van der Waals surface area contributed by atoms with Gasteiger partial charge in [0.15, 0.2) is 0 Å². The molecule has 0 N–H and O–H groups in total. The maximum atomic E-state index is 5.22. The van der Waals surface area contributed by atoms with Crippen LogP contribution >= 0.6 is 0 Å². The fourth-order valence-corrected chi connectivity index (χ4v) is 2.48.